The highest BCUT2D eigenvalue weighted by atomic mass is 127. The predicted octanol–water partition coefficient (Wildman–Crippen LogP) is 1.99. The van der Waals surface area contributed by atoms with Gasteiger partial charge < -0.3 is 15.5 Å². The molecule has 0 radical (unpaired) electrons. The van der Waals surface area contributed by atoms with Crippen LogP contribution in [0.2, 0.25) is 0 Å². The Morgan fingerprint density at radius 1 is 1.45 bits per heavy atom. The van der Waals surface area contributed by atoms with Crippen molar-refractivity contribution in [3.8, 4) is 0 Å². The number of rotatable bonds is 4. The van der Waals surface area contributed by atoms with Crippen LogP contribution in [0, 0.1) is 6.92 Å². The van der Waals surface area contributed by atoms with Crippen LogP contribution in [0.25, 0.3) is 0 Å². The summed E-state index contributed by atoms with van der Waals surface area (Å²) in [6, 6.07) is 0. The molecular formula is C14H26IN5OS. The van der Waals surface area contributed by atoms with E-state index < -0.39 is 0 Å². The van der Waals surface area contributed by atoms with Crippen molar-refractivity contribution in [3.05, 3.63) is 16.1 Å². The molecule has 0 fully saturated rings. The van der Waals surface area contributed by atoms with E-state index in [1.807, 2.05) is 40.9 Å². The van der Waals surface area contributed by atoms with Gasteiger partial charge in [0.05, 0.1) is 13.1 Å². The lowest BCUT2D eigenvalue weighted by Crippen LogP contribution is -2.48. The molecule has 22 heavy (non-hydrogen) atoms. The zero-order chi connectivity index (χ0) is 16.0. The summed E-state index contributed by atoms with van der Waals surface area (Å²) in [5.41, 5.74) is -0.229. The first-order chi connectivity index (χ1) is 9.71. The van der Waals surface area contributed by atoms with Crippen LogP contribution in [-0.4, -0.2) is 47.9 Å². The second kappa shape index (κ2) is 9.29. The number of nitrogens with zero attached hydrogens (tertiary/aromatic N) is 3. The highest BCUT2D eigenvalue weighted by molar-refractivity contribution is 14.0. The Labute approximate surface area is 153 Å². The number of halogens is 1. The molecule has 0 unspecified atom stereocenters. The van der Waals surface area contributed by atoms with Crippen molar-refractivity contribution in [3.63, 3.8) is 0 Å². The number of nitrogens with one attached hydrogen (secondary N) is 2. The van der Waals surface area contributed by atoms with Crippen LogP contribution < -0.4 is 10.6 Å². The maximum Gasteiger partial charge on any atom is 0.240 e. The van der Waals surface area contributed by atoms with Crippen LogP contribution in [-0.2, 0) is 11.3 Å². The maximum atomic E-state index is 11.9. The van der Waals surface area contributed by atoms with Gasteiger partial charge in [-0.3, -0.25) is 9.79 Å². The summed E-state index contributed by atoms with van der Waals surface area (Å²) in [5.74, 6) is 0.643. The van der Waals surface area contributed by atoms with Gasteiger partial charge in [0.1, 0.15) is 5.01 Å². The van der Waals surface area contributed by atoms with Crippen molar-refractivity contribution in [2.24, 2.45) is 4.99 Å². The topological polar surface area (TPSA) is 69.6 Å². The molecule has 1 rings (SSSR count). The predicted molar refractivity (Wildman–Crippen MR) is 103 cm³/mol. The first kappa shape index (κ1) is 21.1. The van der Waals surface area contributed by atoms with Crippen LogP contribution in [0.3, 0.4) is 0 Å². The van der Waals surface area contributed by atoms with E-state index in [9.17, 15) is 4.79 Å². The monoisotopic (exact) mass is 439 g/mol. The first-order valence-corrected chi connectivity index (χ1v) is 7.67. The van der Waals surface area contributed by atoms with E-state index in [-0.39, 0.29) is 42.0 Å². The molecule has 0 saturated heterocycles. The summed E-state index contributed by atoms with van der Waals surface area (Å²) < 4.78 is 0. The average Bonchev–Trinajstić information content (AvgIpc) is 2.73. The molecule has 1 aromatic heterocycles. The highest BCUT2D eigenvalue weighted by Crippen LogP contribution is 2.10. The summed E-state index contributed by atoms with van der Waals surface area (Å²) in [7, 11) is 3.54. The molecule has 0 bridgehead atoms. The minimum atomic E-state index is -0.229. The molecule has 0 aromatic carbocycles. The van der Waals surface area contributed by atoms with E-state index in [1.165, 1.54) is 4.88 Å². The fourth-order valence-corrected chi connectivity index (χ4v) is 2.50. The van der Waals surface area contributed by atoms with Gasteiger partial charge in [-0.1, -0.05) is 0 Å². The number of amides is 1. The van der Waals surface area contributed by atoms with Crippen molar-refractivity contribution >= 4 is 47.2 Å². The third-order valence-corrected chi connectivity index (χ3v) is 3.45. The fraction of sp³-hybridized carbons (Fsp3) is 0.643. The van der Waals surface area contributed by atoms with Gasteiger partial charge >= 0.3 is 0 Å². The Morgan fingerprint density at radius 2 is 2.09 bits per heavy atom. The lowest BCUT2D eigenvalue weighted by atomic mass is 10.1. The maximum absolute atomic E-state index is 11.9. The van der Waals surface area contributed by atoms with Crippen LogP contribution in [0.4, 0.5) is 0 Å². The number of aliphatic imine (C=N–C) groups is 1. The number of aryl methyl sites for hydroxylation is 1. The van der Waals surface area contributed by atoms with Crippen molar-refractivity contribution in [1.29, 1.82) is 0 Å². The van der Waals surface area contributed by atoms with Crippen LogP contribution in [0.15, 0.2) is 11.2 Å². The summed E-state index contributed by atoms with van der Waals surface area (Å²) in [6.07, 6.45) is 1.85. The molecule has 1 amide bonds. The zero-order valence-corrected chi connectivity index (χ0v) is 17.2. The zero-order valence-electron chi connectivity index (χ0n) is 14.1. The minimum absolute atomic E-state index is 0. The molecule has 6 nitrogen and oxygen atoms in total. The molecule has 2 N–H and O–H groups in total. The standard InChI is InChI=1S/C14H25N5OS.HI/c1-10-7-16-12(21-10)8-17-13(15-5)19(6)9-11(20)18-14(2,3)4;/h7H,8-9H2,1-6H3,(H,15,17)(H,18,20);1H. The van der Waals surface area contributed by atoms with E-state index >= 15 is 0 Å². The number of carbonyl (C=O) groups is 1. The quantitative estimate of drug-likeness (QED) is 0.428. The second-order valence-electron chi connectivity index (χ2n) is 5.92. The van der Waals surface area contributed by atoms with Gasteiger partial charge in [-0.2, -0.15) is 0 Å². The first-order valence-electron chi connectivity index (χ1n) is 6.85. The van der Waals surface area contributed by atoms with Gasteiger partial charge in [0, 0.05) is 30.7 Å². The SMILES string of the molecule is CN=C(NCc1ncc(C)s1)N(C)CC(=O)NC(C)(C)C.I. The largest absolute Gasteiger partial charge is 0.350 e. The number of thiazole rings is 1. The van der Waals surface area contributed by atoms with E-state index in [2.05, 4.69) is 20.6 Å². The molecule has 0 atom stereocenters. The normalized spacial score (nSPS) is 11.6. The molecule has 0 spiro atoms. The average molecular weight is 439 g/mol. The molecule has 1 aromatic rings. The van der Waals surface area contributed by atoms with E-state index in [1.54, 1.807) is 23.3 Å². The molecule has 126 valence electrons. The molecule has 8 heteroatoms. The van der Waals surface area contributed by atoms with E-state index in [4.69, 9.17) is 0 Å². The number of hydrogen-bond acceptors (Lipinski definition) is 4. The number of likely N-dealkylation sites (N-methyl/N-ethyl adjacent to an activating group) is 1. The molecule has 1 heterocycles. The smallest absolute Gasteiger partial charge is 0.240 e. The molecule has 0 aliphatic heterocycles. The summed E-state index contributed by atoms with van der Waals surface area (Å²) >= 11 is 1.65. The Kier molecular flexibility index (Phi) is 8.91. The molecule has 0 saturated carbocycles. The summed E-state index contributed by atoms with van der Waals surface area (Å²) in [6.45, 7) is 8.78. The van der Waals surface area contributed by atoms with Gasteiger partial charge in [-0.05, 0) is 27.7 Å². The van der Waals surface area contributed by atoms with Gasteiger partial charge in [0.2, 0.25) is 5.91 Å². The van der Waals surface area contributed by atoms with Crippen molar-refractivity contribution in [2.45, 2.75) is 39.8 Å². The van der Waals surface area contributed by atoms with Crippen LogP contribution in [0.5, 0.6) is 0 Å². The fourth-order valence-electron chi connectivity index (χ4n) is 1.77. The van der Waals surface area contributed by atoms with Gasteiger partial charge in [0.25, 0.3) is 0 Å². The second-order valence-corrected chi connectivity index (χ2v) is 7.24. The van der Waals surface area contributed by atoms with E-state index in [0.717, 1.165) is 5.01 Å². The number of guanidine groups is 1. The van der Waals surface area contributed by atoms with Crippen LogP contribution >= 0.6 is 35.3 Å². The Balaban J connectivity index is 0.00000441. The highest BCUT2D eigenvalue weighted by Gasteiger charge is 2.16. The lowest BCUT2D eigenvalue weighted by Gasteiger charge is -2.25. The van der Waals surface area contributed by atoms with Gasteiger partial charge in [0.15, 0.2) is 5.96 Å². The molecule has 0 aliphatic rings. The van der Waals surface area contributed by atoms with Crippen molar-refractivity contribution in [2.75, 3.05) is 20.6 Å². The van der Waals surface area contributed by atoms with Gasteiger partial charge in [-0.15, -0.1) is 35.3 Å². The molecular weight excluding hydrogens is 413 g/mol. The molecule has 0 aliphatic carbocycles. The van der Waals surface area contributed by atoms with E-state index in [0.29, 0.717) is 12.5 Å². The lowest BCUT2D eigenvalue weighted by molar-refractivity contribution is -0.122. The number of hydrogen-bond donors (Lipinski definition) is 2. The summed E-state index contributed by atoms with van der Waals surface area (Å²) in [4.78, 5) is 23.4. The third-order valence-electron chi connectivity index (χ3n) is 2.54. The summed E-state index contributed by atoms with van der Waals surface area (Å²) in [5, 5.41) is 7.14. The minimum Gasteiger partial charge on any atom is -0.350 e. The Bertz CT molecular complexity index is 510. The Hall–Kier alpha value is -0.900. The number of aromatic nitrogens is 1. The van der Waals surface area contributed by atoms with Crippen molar-refractivity contribution in [1.82, 2.24) is 20.5 Å². The third kappa shape index (κ3) is 7.92. The van der Waals surface area contributed by atoms with Crippen molar-refractivity contribution < 1.29 is 4.79 Å². The van der Waals surface area contributed by atoms with Crippen LogP contribution in [0.1, 0.15) is 30.7 Å². The number of carbonyl (C=O) groups excluding carboxylic acids is 1. The van der Waals surface area contributed by atoms with Gasteiger partial charge in [-0.25, -0.2) is 4.98 Å². The Morgan fingerprint density at radius 3 is 2.55 bits per heavy atom.